The van der Waals surface area contributed by atoms with Gasteiger partial charge in [0, 0.05) is 5.02 Å². The van der Waals surface area contributed by atoms with Crippen LogP contribution >= 0.6 is 11.6 Å². The van der Waals surface area contributed by atoms with Crippen molar-refractivity contribution in [2.75, 3.05) is 13.7 Å². The molecule has 0 aromatic heterocycles. The summed E-state index contributed by atoms with van der Waals surface area (Å²) in [6, 6.07) is 5.92. The van der Waals surface area contributed by atoms with Gasteiger partial charge in [-0.15, -0.1) is 0 Å². The number of carbonyl (C=O) groups is 1. The number of carbonyl (C=O) groups excluding carboxylic acids is 1. The molecule has 28 heavy (non-hydrogen) atoms. The highest BCUT2D eigenvalue weighted by molar-refractivity contribution is 6.32. The number of phenols is 1. The number of halogens is 1. The van der Waals surface area contributed by atoms with Crippen LogP contribution in [0.2, 0.25) is 5.02 Å². The van der Waals surface area contributed by atoms with E-state index in [1.165, 1.54) is 19.2 Å². The molecule has 0 heterocycles. The van der Waals surface area contributed by atoms with E-state index in [0.29, 0.717) is 10.8 Å². The summed E-state index contributed by atoms with van der Waals surface area (Å²) in [5.74, 6) is -0.748. The molecule has 9 nitrogen and oxygen atoms in total. The Balaban J connectivity index is 2.03. The number of nitrogens with zero attached hydrogens (tertiary/aromatic N) is 2. The molecular weight excluding hydrogens is 390 g/mol. The highest BCUT2D eigenvalue weighted by Crippen LogP contribution is 2.37. The van der Waals surface area contributed by atoms with Gasteiger partial charge in [-0.2, -0.15) is 5.10 Å². The van der Waals surface area contributed by atoms with Crippen molar-refractivity contribution >= 4 is 29.4 Å². The predicted octanol–water partition coefficient (Wildman–Crippen LogP) is 3.11. The number of hydrogen-bond donors (Lipinski definition) is 2. The molecule has 2 aromatic carbocycles. The minimum Gasteiger partial charge on any atom is -0.504 e. The lowest BCUT2D eigenvalue weighted by Gasteiger charge is -2.09. The number of methoxy groups -OCH3 is 1. The first-order valence-corrected chi connectivity index (χ1v) is 8.38. The van der Waals surface area contributed by atoms with E-state index in [1.54, 1.807) is 12.1 Å². The molecule has 2 rings (SSSR count). The van der Waals surface area contributed by atoms with Gasteiger partial charge in [0.2, 0.25) is 5.75 Å². The number of ether oxygens (including phenoxy) is 2. The molecule has 0 atom stereocenters. The summed E-state index contributed by atoms with van der Waals surface area (Å²) in [7, 11) is 1.20. The smallest absolute Gasteiger partial charge is 0.323 e. The average molecular weight is 408 g/mol. The lowest BCUT2D eigenvalue weighted by atomic mass is 10.1. The maximum atomic E-state index is 11.9. The highest BCUT2D eigenvalue weighted by atomic mass is 35.5. The van der Waals surface area contributed by atoms with Crippen LogP contribution in [0.1, 0.15) is 16.7 Å². The molecule has 0 bridgehead atoms. The zero-order valence-electron chi connectivity index (χ0n) is 15.4. The predicted molar refractivity (Wildman–Crippen MR) is 103 cm³/mol. The Hall–Kier alpha value is -3.33. The third-order valence-electron chi connectivity index (χ3n) is 3.70. The Morgan fingerprint density at radius 1 is 1.36 bits per heavy atom. The summed E-state index contributed by atoms with van der Waals surface area (Å²) in [5.41, 5.74) is 3.44. The van der Waals surface area contributed by atoms with Gasteiger partial charge in [0.15, 0.2) is 12.4 Å². The molecule has 0 spiro atoms. The van der Waals surface area contributed by atoms with E-state index in [4.69, 9.17) is 21.1 Å². The summed E-state index contributed by atoms with van der Waals surface area (Å²) < 4.78 is 10.2. The van der Waals surface area contributed by atoms with E-state index in [-0.39, 0.29) is 23.7 Å². The fourth-order valence-electron chi connectivity index (χ4n) is 2.41. The van der Waals surface area contributed by atoms with Gasteiger partial charge in [-0.05, 0) is 49.2 Å². The Bertz CT molecular complexity index is 922. The van der Waals surface area contributed by atoms with Crippen LogP contribution in [0, 0.1) is 24.0 Å². The first-order chi connectivity index (χ1) is 13.2. The van der Waals surface area contributed by atoms with Gasteiger partial charge < -0.3 is 14.6 Å². The normalized spacial score (nSPS) is 10.7. The molecule has 2 aromatic rings. The molecule has 2 N–H and O–H groups in total. The number of phenolic OH excluding ortho intramolecular Hbond substituents is 1. The Labute approximate surface area is 165 Å². The van der Waals surface area contributed by atoms with Crippen molar-refractivity contribution in [3.63, 3.8) is 0 Å². The maximum absolute atomic E-state index is 11.9. The quantitative estimate of drug-likeness (QED) is 0.413. The summed E-state index contributed by atoms with van der Waals surface area (Å²) in [4.78, 5) is 22.4. The molecule has 0 radical (unpaired) electrons. The molecule has 148 valence electrons. The molecule has 0 aliphatic heterocycles. The SMILES string of the molecule is COc1c(O)ccc(/C=N\NC(=O)COc2cc(C)c(Cl)c(C)c2)c1[N+](=O)[O-]. The minimum atomic E-state index is -0.712. The molecule has 10 heteroatoms. The van der Waals surface area contributed by atoms with Gasteiger partial charge in [0.25, 0.3) is 5.91 Å². The lowest BCUT2D eigenvalue weighted by Crippen LogP contribution is -2.24. The largest absolute Gasteiger partial charge is 0.504 e. The van der Waals surface area contributed by atoms with Gasteiger partial charge in [0.1, 0.15) is 5.75 Å². The van der Waals surface area contributed by atoms with E-state index in [0.717, 1.165) is 17.3 Å². The van der Waals surface area contributed by atoms with Crippen LogP contribution < -0.4 is 14.9 Å². The zero-order chi connectivity index (χ0) is 20.8. The molecule has 0 aliphatic carbocycles. The van der Waals surface area contributed by atoms with Gasteiger partial charge in [0.05, 0.1) is 23.8 Å². The zero-order valence-corrected chi connectivity index (χ0v) is 16.1. The molecule has 0 unspecified atom stereocenters. The fraction of sp³-hybridized carbons (Fsp3) is 0.222. The Morgan fingerprint density at radius 3 is 2.57 bits per heavy atom. The number of nitrogens with one attached hydrogen (secondary N) is 1. The van der Waals surface area contributed by atoms with Crippen LogP contribution in [-0.4, -0.2) is 35.9 Å². The van der Waals surface area contributed by atoms with E-state index in [9.17, 15) is 20.0 Å². The molecule has 1 amide bonds. The molecule has 0 aliphatic rings. The number of hydrazone groups is 1. The summed E-state index contributed by atoms with van der Waals surface area (Å²) in [6.07, 6.45) is 1.08. The van der Waals surface area contributed by atoms with Crippen molar-refractivity contribution < 1.29 is 24.3 Å². The van der Waals surface area contributed by atoms with E-state index < -0.39 is 16.5 Å². The van der Waals surface area contributed by atoms with Crippen molar-refractivity contribution in [2.24, 2.45) is 5.10 Å². The summed E-state index contributed by atoms with van der Waals surface area (Å²) in [6.45, 7) is 3.34. The summed E-state index contributed by atoms with van der Waals surface area (Å²) >= 11 is 6.08. The van der Waals surface area contributed by atoms with Crippen LogP contribution in [-0.2, 0) is 4.79 Å². The summed E-state index contributed by atoms with van der Waals surface area (Å²) in [5, 5.41) is 25.2. The van der Waals surface area contributed by atoms with Crippen LogP contribution in [0.3, 0.4) is 0 Å². The molecule has 0 saturated heterocycles. The highest BCUT2D eigenvalue weighted by Gasteiger charge is 2.23. The number of aromatic hydroxyl groups is 1. The molecule has 0 saturated carbocycles. The fourth-order valence-corrected chi connectivity index (χ4v) is 2.52. The van der Waals surface area contributed by atoms with Crippen molar-refractivity contribution in [3.05, 3.63) is 56.1 Å². The van der Waals surface area contributed by atoms with E-state index in [2.05, 4.69) is 10.5 Å². The third-order valence-corrected chi connectivity index (χ3v) is 4.30. The number of nitro benzene ring substituents is 1. The van der Waals surface area contributed by atoms with Crippen molar-refractivity contribution in [2.45, 2.75) is 13.8 Å². The number of rotatable bonds is 7. The second-order valence-corrected chi connectivity index (χ2v) is 6.14. The first kappa shape index (κ1) is 21.0. The number of benzene rings is 2. The van der Waals surface area contributed by atoms with Crippen molar-refractivity contribution in [1.82, 2.24) is 5.43 Å². The van der Waals surface area contributed by atoms with Crippen LogP contribution in [0.25, 0.3) is 0 Å². The van der Waals surface area contributed by atoms with Crippen LogP contribution in [0.5, 0.6) is 17.2 Å². The first-order valence-electron chi connectivity index (χ1n) is 8.00. The second-order valence-electron chi connectivity index (χ2n) is 5.77. The monoisotopic (exact) mass is 407 g/mol. The number of amides is 1. The molecule has 0 fully saturated rings. The van der Waals surface area contributed by atoms with Gasteiger partial charge in [-0.25, -0.2) is 5.43 Å². The van der Waals surface area contributed by atoms with Gasteiger partial charge in [-0.1, -0.05) is 11.6 Å². The van der Waals surface area contributed by atoms with E-state index in [1.807, 2.05) is 13.8 Å². The maximum Gasteiger partial charge on any atom is 0.323 e. The second kappa shape index (κ2) is 9.05. The molecular formula is C18H18ClN3O6. The topological polar surface area (TPSA) is 123 Å². The third kappa shape index (κ3) is 4.89. The van der Waals surface area contributed by atoms with Gasteiger partial charge in [-0.3, -0.25) is 14.9 Å². The lowest BCUT2D eigenvalue weighted by molar-refractivity contribution is -0.386. The number of nitro groups is 1. The average Bonchev–Trinajstić information content (AvgIpc) is 2.64. The number of hydrogen-bond acceptors (Lipinski definition) is 7. The van der Waals surface area contributed by atoms with Crippen LogP contribution in [0.4, 0.5) is 5.69 Å². The standard InChI is InChI=1S/C18H18ClN3O6/c1-10-6-13(7-11(2)16(10)19)28-9-15(24)21-20-8-12-4-5-14(23)18(27-3)17(12)22(25)26/h4-8,23H,9H2,1-3H3,(H,21,24)/b20-8-. The van der Waals surface area contributed by atoms with E-state index >= 15 is 0 Å². The Morgan fingerprint density at radius 2 is 2.00 bits per heavy atom. The number of aryl methyl sites for hydroxylation is 2. The van der Waals surface area contributed by atoms with Gasteiger partial charge >= 0.3 is 5.69 Å². The van der Waals surface area contributed by atoms with Crippen molar-refractivity contribution in [3.8, 4) is 17.2 Å². The minimum absolute atomic E-state index is 0.0461. The van der Waals surface area contributed by atoms with Crippen molar-refractivity contribution in [1.29, 1.82) is 0 Å². The Kier molecular flexibility index (Phi) is 6.78. The van der Waals surface area contributed by atoms with Crippen LogP contribution in [0.15, 0.2) is 29.4 Å².